The average molecular weight is 359 g/mol. The van der Waals surface area contributed by atoms with Gasteiger partial charge in [-0.2, -0.15) is 0 Å². The highest BCUT2D eigenvalue weighted by Crippen LogP contribution is 2.20. The van der Waals surface area contributed by atoms with Gasteiger partial charge in [0.25, 0.3) is 0 Å². The van der Waals surface area contributed by atoms with Crippen molar-refractivity contribution in [2.45, 2.75) is 72.4 Å². The van der Waals surface area contributed by atoms with E-state index in [0.717, 1.165) is 4.90 Å². The number of amides is 3. The molecule has 0 aromatic rings. The number of carboxylic acid groups (broad SMARTS) is 1. The van der Waals surface area contributed by atoms with Crippen LogP contribution in [0.5, 0.6) is 0 Å². The van der Waals surface area contributed by atoms with Gasteiger partial charge in [-0.15, -0.1) is 0 Å². The van der Waals surface area contributed by atoms with E-state index in [1.807, 2.05) is 20.8 Å². The van der Waals surface area contributed by atoms with Crippen LogP contribution in [0.3, 0.4) is 0 Å². The number of carbonyl (C=O) groups is 3. The van der Waals surface area contributed by atoms with Crippen LogP contribution in [0.25, 0.3) is 0 Å². The van der Waals surface area contributed by atoms with Crippen LogP contribution in [0.1, 0.15) is 60.8 Å². The van der Waals surface area contributed by atoms with E-state index in [0.29, 0.717) is 12.8 Å². The van der Waals surface area contributed by atoms with Gasteiger partial charge in [-0.3, -0.25) is 4.79 Å². The van der Waals surface area contributed by atoms with Gasteiger partial charge in [-0.1, -0.05) is 20.8 Å². The number of alkyl carbamates (subject to hydrolysis) is 1. The van der Waals surface area contributed by atoms with Gasteiger partial charge in [0.05, 0.1) is 0 Å². The van der Waals surface area contributed by atoms with Crippen LogP contribution in [0.2, 0.25) is 0 Å². The van der Waals surface area contributed by atoms with Crippen LogP contribution < -0.4 is 11.1 Å². The van der Waals surface area contributed by atoms with Crippen LogP contribution in [0, 0.1) is 5.41 Å². The first-order valence-electron chi connectivity index (χ1n) is 8.48. The second-order valence-corrected chi connectivity index (χ2v) is 8.29. The monoisotopic (exact) mass is 359 g/mol. The average Bonchev–Trinajstić information content (AvgIpc) is 2.37. The topological polar surface area (TPSA) is 122 Å². The van der Waals surface area contributed by atoms with E-state index < -0.39 is 23.7 Å². The van der Waals surface area contributed by atoms with Crippen molar-refractivity contribution in [2.24, 2.45) is 11.1 Å². The summed E-state index contributed by atoms with van der Waals surface area (Å²) in [4.78, 5) is 36.0. The Balaban J connectivity index is 4.52. The van der Waals surface area contributed by atoms with Crippen LogP contribution in [0.4, 0.5) is 9.59 Å². The minimum atomic E-state index is -1.27. The molecule has 0 rings (SSSR count). The summed E-state index contributed by atoms with van der Waals surface area (Å²) in [5, 5.41) is 11.9. The van der Waals surface area contributed by atoms with E-state index in [1.54, 1.807) is 20.8 Å². The SMILES string of the molecule is CC(C)(C)CC(=O)N(CCC[C@@H](CN)NC(=O)OC(C)(C)C)C(=O)O. The number of rotatable bonds is 7. The first-order valence-corrected chi connectivity index (χ1v) is 8.48. The molecule has 0 saturated heterocycles. The third kappa shape index (κ3) is 11.4. The van der Waals surface area contributed by atoms with Gasteiger partial charge in [0.1, 0.15) is 5.60 Å². The van der Waals surface area contributed by atoms with Gasteiger partial charge in [0, 0.05) is 25.6 Å². The normalized spacial score (nSPS) is 13.1. The lowest BCUT2D eigenvalue weighted by Gasteiger charge is -2.25. The maximum absolute atomic E-state index is 12.1. The van der Waals surface area contributed by atoms with Crippen molar-refractivity contribution >= 4 is 18.1 Å². The molecule has 25 heavy (non-hydrogen) atoms. The molecular formula is C17H33N3O5. The summed E-state index contributed by atoms with van der Waals surface area (Å²) in [7, 11) is 0. The fourth-order valence-corrected chi connectivity index (χ4v) is 2.10. The number of nitrogens with two attached hydrogens (primary N) is 1. The number of hydrogen-bond acceptors (Lipinski definition) is 5. The van der Waals surface area contributed by atoms with E-state index in [4.69, 9.17) is 10.5 Å². The van der Waals surface area contributed by atoms with Gasteiger partial charge >= 0.3 is 12.2 Å². The van der Waals surface area contributed by atoms with Gasteiger partial charge in [0.2, 0.25) is 5.91 Å². The van der Waals surface area contributed by atoms with E-state index >= 15 is 0 Å². The Bertz CT molecular complexity index is 466. The molecule has 0 saturated carbocycles. The third-order valence-corrected chi connectivity index (χ3v) is 3.15. The quantitative estimate of drug-likeness (QED) is 0.642. The van der Waals surface area contributed by atoms with Crippen LogP contribution in [-0.2, 0) is 9.53 Å². The molecule has 0 aliphatic rings. The van der Waals surface area contributed by atoms with Crippen molar-refractivity contribution in [3.05, 3.63) is 0 Å². The highest BCUT2D eigenvalue weighted by Gasteiger charge is 2.26. The number of imide groups is 1. The van der Waals surface area contributed by atoms with Crippen molar-refractivity contribution in [3.63, 3.8) is 0 Å². The molecule has 8 heteroatoms. The zero-order valence-corrected chi connectivity index (χ0v) is 16.2. The molecule has 0 aromatic carbocycles. The summed E-state index contributed by atoms with van der Waals surface area (Å²) in [6.45, 7) is 11.2. The molecule has 0 fully saturated rings. The molecular weight excluding hydrogens is 326 g/mol. The number of nitrogens with one attached hydrogen (secondary N) is 1. The Labute approximate surface area is 150 Å². The lowest BCUT2D eigenvalue weighted by atomic mass is 9.91. The second-order valence-electron chi connectivity index (χ2n) is 8.29. The minimum absolute atomic E-state index is 0.0662. The molecule has 146 valence electrons. The molecule has 0 heterocycles. The van der Waals surface area contributed by atoms with Gasteiger partial charge in [-0.05, 0) is 39.0 Å². The van der Waals surface area contributed by atoms with Crippen LogP contribution in [0.15, 0.2) is 0 Å². The van der Waals surface area contributed by atoms with Crippen LogP contribution >= 0.6 is 0 Å². The lowest BCUT2D eigenvalue weighted by molar-refractivity contribution is -0.131. The zero-order chi connectivity index (χ0) is 19.8. The third-order valence-electron chi connectivity index (χ3n) is 3.15. The predicted octanol–water partition coefficient (Wildman–Crippen LogP) is 2.56. The summed E-state index contributed by atoms with van der Waals surface area (Å²) >= 11 is 0. The Kier molecular flexibility index (Phi) is 8.90. The first-order chi connectivity index (χ1) is 11.2. The number of ether oxygens (including phenoxy) is 1. The lowest BCUT2D eigenvalue weighted by Crippen LogP contribution is -2.44. The highest BCUT2D eigenvalue weighted by molar-refractivity contribution is 5.91. The zero-order valence-electron chi connectivity index (χ0n) is 16.2. The Morgan fingerprint density at radius 3 is 2.12 bits per heavy atom. The fourth-order valence-electron chi connectivity index (χ4n) is 2.10. The number of carbonyl (C=O) groups excluding carboxylic acids is 2. The predicted molar refractivity (Wildman–Crippen MR) is 95.3 cm³/mol. The molecule has 0 bridgehead atoms. The van der Waals surface area contributed by atoms with E-state index in [-0.39, 0.29) is 31.0 Å². The summed E-state index contributed by atoms with van der Waals surface area (Å²) in [6, 6.07) is -0.344. The molecule has 0 aromatic heterocycles. The number of nitrogens with zero attached hydrogens (tertiary/aromatic N) is 1. The second kappa shape index (κ2) is 9.60. The smallest absolute Gasteiger partial charge is 0.414 e. The largest absolute Gasteiger partial charge is 0.465 e. The molecule has 0 spiro atoms. The Morgan fingerprint density at radius 1 is 1.16 bits per heavy atom. The van der Waals surface area contributed by atoms with Crippen molar-refractivity contribution in [2.75, 3.05) is 13.1 Å². The Morgan fingerprint density at radius 2 is 1.72 bits per heavy atom. The molecule has 0 radical (unpaired) electrons. The summed E-state index contributed by atoms with van der Waals surface area (Å²) < 4.78 is 5.16. The molecule has 0 unspecified atom stereocenters. The van der Waals surface area contributed by atoms with Gasteiger partial charge in [-0.25, -0.2) is 14.5 Å². The maximum Gasteiger partial charge on any atom is 0.414 e. The highest BCUT2D eigenvalue weighted by atomic mass is 16.6. The summed E-state index contributed by atoms with van der Waals surface area (Å²) in [5.74, 6) is -0.426. The molecule has 0 aliphatic heterocycles. The fraction of sp³-hybridized carbons (Fsp3) is 0.824. The van der Waals surface area contributed by atoms with E-state index in [2.05, 4.69) is 5.32 Å². The van der Waals surface area contributed by atoms with Crippen molar-refractivity contribution in [1.29, 1.82) is 0 Å². The summed E-state index contributed by atoms with van der Waals surface area (Å²) in [5.41, 5.74) is 4.74. The molecule has 4 N–H and O–H groups in total. The Hall–Kier alpha value is -1.83. The van der Waals surface area contributed by atoms with Gasteiger partial charge < -0.3 is 20.9 Å². The number of hydrogen-bond donors (Lipinski definition) is 3. The van der Waals surface area contributed by atoms with Crippen molar-refractivity contribution in [1.82, 2.24) is 10.2 Å². The molecule has 3 amide bonds. The maximum atomic E-state index is 12.1. The molecule has 1 atom stereocenters. The van der Waals surface area contributed by atoms with Gasteiger partial charge in [0.15, 0.2) is 0 Å². The van der Waals surface area contributed by atoms with E-state index in [9.17, 15) is 19.5 Å². The van der Waals surface area contributed by atoms with E-state index in [1.165, 1.54) is 0 Å². The van der Waals surface area contributed by atoms with Crippen LogP contribution in [-0.4, -0.2) is 52.8 Å². The first kappa shape index (κ1) is 23.2. The molecule has 8 nitrogen and oxygen atoms in total. The van der Waals surface area contributed by atoms with Crippen molar-refractivity contribution in [3.8, 4) is 0 Å². The standard InChI is InChI=1S/C17H33N3O5/c1-16(2,3)10-13(21)20(15(23)24)9-7-8-12(11-18)19-14(22)25-17(4,5)6/h12H,7-11,18H2,1-6H3,(H,19,22)(H,23,24)/t12-/m0/s1. The molecule has 0 aliphatic carbocycles. The summed E-state index contributed by atoms with van der Waals surface area (Å²) in [6.07, 6.45) is -0.835. The minimum Gasteiger partial charge on any atom is -0.465 e. The van der Waals surface area contributed by atoms with Crippen molar-refractivity contribution < 1.29 is 24.2 Å².